The number of amides is 2. The van der Waals surface area contributed by atoms with Crippen LogP contribution in [0.1, 0.15) is 40.9 Å². The van der Waals surface area contributed by atoms with Crippen LogP contribution in [0.2, 0.25) is 0 Å². The van der Waals surface area contributed by atoms with E-state index in [1.54, 1.807) is 6.92 Å². The van der Waals surface area contributed by atoms with Crippen LogP contribution in [0.15, 0.2) is 53.9 Å². The minimum absolute atomic E-state index is 0.0542. The van der Waals surface area contributed by atoms with E-state index in [2.05, 4.69) is 27.8 Å². The zero-order chi connectivity index (χ0) is 22.7. The van der Waals surface area contributed by atoms with Crippen molar-refractivity contribution in [3.63, 3.8) is 0 Å². The molecule has 1 atom stereocenters. The van der Waals surface area contributed by atoms with Gasteiger partial charge in [-0.1, -0.05) is 48.5 Å². The van der Waals surface area contributed by atoms with Crippen LogP contribution in [-0.4, -0.2) is 40.7 Å². The lowest BCUT2D eigenvalue weighted by Crippen LogP contribution is -2.34. The molecule has 2 aromatic carbocycles. The molecule has 0 saturated carbocycles. The lowest BCUT2D eigenvalue weighted by Gasteiger charge is -2.14. The Labute approximate surface area is 188 Å². The number of hydrogen-bond acceptors (Lipinski definition) is 6. The highest BCUT2D eigenvalue weighted by Gasteiger charge is 2.29. The number of hydrogen-bond donors (Lipinski definition) is 3. The van der Waals surface area contributed by atoms with Gasteiger partial charge in [0.2, 0.25) is 0 Å². The van der Waals surface area contributed by atoms with E-state index in [4.69, 9.17) is 9.84 Å². The van der Waals surface area contributed by atoms with Crippen LogP contribution in [0.25, 0.3) is 11.1 Å². The normalized spacial score (nSPS) is 13.0. The first-order valence-electron chi connectivity index (χ1n) is 10.0. The number of fused-ring (bicyclic) bond motifs is 3. The molecule has 2 amide bonds. The predicted molar refractivity (Wildman–Crippen MR) is 120 cm³/mol. The largest absolute Gasteiger partial charge is 0.481 e. The van der Waals surface area contributed by atoms with Gasteiger partial charge in [0.05, 0.1) is 6.42 Å². The Bertz CT molecular complexity index is 1130. The molecule has 3 aromatic rings. The van der Waals surface area contributed by atoms with E-state index in [0.29, 0.717) is 0 Å². The number of carbonyl (C=O) groups is 3. The van der Waals surface area contributed by atoms with Crippen LogP contribution >= 0.6 is 11.3 Å². The molecule has 0 spiro atoms. The van der Waals surface area contributed by atoms with Gasteiger partial charge < -0.3 is 15.2 Å². The van der Waals surface area contributed by atoms with Crippen molar-refractivity contribution in [1.29, 1.82) is 0 Å². The first-order chi connectivity index (χ1) is 15.4. The monoisotopic (exact) mass is 451 g/mol. The van der Waals surface area contributed by atoms with Gasteiger partial charge in [0, 0.05) is 17.3 Å². The van der Waals surface area contributed by atoms with Crippen LogP contribution in [0.3, 0.4) is 0 Å². The molecule has 9 heteroatoms. The SMILES string of the molecule is C[C@H](CC(=O)O)NC(=O)c1csc(NC(=O)OCC2c3ccccc3-c3ccccc32)n1. The summed E-state index contributed by atoms with van der Waals surface area (Å²) >= 11 is 1.08. The van der Waals surface area contributed by atoms with E-state index in [-0.39, 0.29) is 29.8 Å². The summed E-state index contributed by atoms with van der Waals surface area (Å²) in [7, 11) is 0. The Morgan fingerprint density at radius 3 is 2.34 bits per heavy atom. The number of nitrogens with one attached hydrogen (secondary N) is 2. The Kier molecular flexibility index (Phi) is 6.18. The first kappa shape index (κ1) is 21.5. The average Bonchev–Trinajstić information content (AvgIpc) is 3.34. The van der Waals surface area contributed by atoms with Gasteiger partial charge >= 0.3 is 12.1 Å². The van der Waals surface area contributed by atoms with Crippen LogP contribution in [0, 0.1) is 0 Å². The predicted octanol–water partition coefficient (Wildman–Crippen LogP) is 4.10. The molecule has 32 heavy (non-hydrogen) atoms. The van der Waals surface area contributed by atoms with E-state index in [1.807, 2.05) is 36.4 Å². The molecule has 164 valence electrons. The summed E-state index contributed by atoms with van der Waals surface area (Å²) in [5, 5.41) is 15.6. The minimum atomic E-state index is -1.01. The van der Waals surface area contributed by atoms with Gasteiger partial charge in [0.15, 0.2) is 5.13 Å². The van der Waals surface area contributed by atoms with Crippen LogP contribution < -0.4 is 10.6 Å². The maximum absolute atomic E-state index is 12.3. The lowest BCUT2D eigenvalue weighted by atomic mass is 9.98. The van der Waals surface area contributed by atoms with E-state index in [0.717, 1.165) is 33.6 Å². The number of ether oxygens (including phenoxy) is 1. The van der Waals surface area contributed by atoms with Gasteiger partial charge in [-0.3, -0.25) is 14.9 Å². The molecule has 4 rings (SSSR count). The molecule has 1 aliphatic rings. The third-order valence-corrected chi connectivity index (χ3v) is 5.91. The molecule has 8 nitrogen and oxygen atoms in total. The summed E-state index contributed by atoms with van der Waals surface area (Å²) in [6, 6.07) is 15.6. The second-order valence-electron chi connectivity index (χ2n) is 7.46. The van der Waals surface area contributed by atoms with Gasteiger partial charge in [-0.25, -0.2) is 9.78 Å². The number of rotatable bonds is 7. The molecule has 0 unspecified atom stereocenters. The number of aliphatic carboxylic acids is 1. The Balaban J connectivity index is 1.35. The number of carboxylic acid groups (broad SMARTS) is 1. The quantitative estimate of drug-likeness (QED) is 0.498. The molecular weight excluding hydrogens is 430 g/mol. The lowest BCUT2D eigenvalue weighted by molar-refractivity contribution is -0.137. The van der Waals surface area contributed by atoms with Crippen LogP contribution in [0.4, 0.5) is 9.93 Å². The summed E-state index contributed by atoms with van der Waals surface area (Å²) < 4.78 is 5.47. The number of aromatic nitrogens is 1. The Morgan fingerprint density at radius 2 is 1.72 bits per heavy atom. The number of thiazole rings is 1. The minimum Gasteiger partial charge on any atom is -0.481 e. The third kappa shape index (κ3) is 4.62. The summed E-state index contributed by atoms with van der Waals surface area (Å²) in [6.07, 6.45) is -0.854. The van der Waals surface area contributed by atoms with E-state index >= 15 is 0 Å². The molecule has 1 aromatic heterocycles. The van der Waals surface area contributed by atoms with Crippen molar-refractivity contribution in [3.05, 3.63) is 70.7 Å². The zero-order valence-electron chi connectivity index (χ0n) is 17.2. The summed E-state index contributed by atoms with van der Waals surface area (Å²) in [5.41, 5.74) is 4.62. The van der Waals surface area contributed by atoms with E-state index in [1.165, 1.54) is 5.38 Å². The van der Waals surface area contributed by atoms with E-state index < -0.39 is 24.0 Å². The standard InChI is InChI=1S/C23H21N3O5S/c1-13(10-20(27)28)24-21(29)19-12-32-22(25-19)26-23(30)31-11-18-16-8-4-2-6-14(16)15-7-3-5-9-17(15)18/h2-9,12-13,18H,10-11H2,1H3,(H,24,29)(H,27,28)(H,25,26,30)/t13-/m1/s1. The summed E-state index contributed by atoms with van der Waals surface area (Å²) in [5.74, 6) is -1.56. The van der Waals surface area contributed by atoms with Gasteiger partial charge in [-0.05, 0) is 29.2 Å². The van der Waals surface area contributed by atoms with Gasteiger partial charge in [-0.2, -0.15) is 0 Å². The number of carboxylic acids is 1. The highest BCUT2D eigenvalue weighted by atomic mass is 32.1. The highest BCUT2D eigenvalue weighted by molar-refractivity contribution is 7.14. The van der Waals surface area contributed by atoms with Crippen molar-refractivity contribution in [2.75, 3.05) is 11.9 Å². The van der Waals surface area contributed by atoms with Gasteiger partial charge in [-0.15, -0.1) is 11.3 Å². The number of carbonyl (C=O) groups excluding carboxylic acids is 2. The fraction of sp³-hybridized carbons (Fsp3) is 0.217. The van der Waals surface area contributed by atoms with Crippen molar-refractivity contribution in [1.82, 2.24) is 10.3 Å². The fourth-order valence-electron chi connectivity index (χ4n) is 3.77. The topological polar surface area (TPSA) is 118 Å². The van der Waals surface area contributed by atoms with E-state index in [9.17, 15) is 14.4 Å². The molecule has 0 aliphatic heterocycles. The molecule has 0 radical (unpaired) electrons. The van der Waals surface area contributed by atoms with Crippen molar-refractivity contribution in [2.24, 2.45) is 0 Å². The Hall–Kier alpha value is -3.72. The van der Waals surface area contributed by atoms with Crippen molar-refractivity contribution in [2.45, 2.75) is 25.3 Å². The second-order valence-corrected chi connectivity index (χ2v) is 8.32. The number of nitrogens with zero attached hydrogens (tertiary/aromatic N) is 1. The molecule has 3 N–H and O–H groups in total. The molecule has 1 aliphatic carbocycles. The summed E-state index contributed by atoms with van der Waals surface area (Å²) in [6.45, 7) is 1.76. The van der Waals surface area contributed by atoms with Gasteiger partial charge in [0.25, 0.3) is 5.91 Å². The maximum atomic E-state index is 12.3. The first-order valence-corrected chi connectivity index (χ1v) is 10.9. The molecule has 1 heterocycles. The van der Waals surface area contributed by atoms with Crippen LogP contribution in [-0.2, 0) is 9.53 Å². The van der Waals surface area contributed by atoms with Crippen molar-refractivity contribution < 1.29 is 24.2 Å². The Morgan fingerprint density at radius 1 is 1.09 bits per heavy atom. The third-order valence-electron chi connectivity index (χ3n) is 5.15. The summed E-state index contributed by atoms with van der Waals surface area (Å²) in [4.78, 5) is 39.3. The highest BCUT2D eigenvalue weighted by Crippen LogP contribution is 2.44. The molecule has 0 fully saturated rings. The average molecular weight is 452 g/mol. The molecule has 0 saturated heterocycles. The van der Waals surface area contributed by atoms with Crippen molar-refractivity contribution in [3.8, 4) is 11.1 Å². The number of benzene rings is 2. The van der Waals surface area contributed by atoms with Crippen molar-refractivity contribution >= 4 is 34.4 Å². The molecular formula is C23H21N3O5S. The van der Waals surface area contributed by atoms with Gasteiger partial charge in [0.1, 0.15) is 12.3 Å². The second kappa shape index (κ2) is 9.19. The molecule has 0 bridgehead atoms. The zero-order valence-corrected chi connectivity index (χ0v) is 18.0. The van der Waals surface area contributed by atoms with Crippen LogP contribution in [0.5, 0.6) is 0 Å². The maximum Gasteiger partial charge on any atom is 0.413 e. The number of anilines is 1. The smallest absolute Gasteiger partial charge is 0.413 e. The fourth-order valence-corrected chi connectivity index (χ4v) is 4.44.